The number of nitrogens with zero attached hydrogens (tertiary/aromatic N) is 2. The van der Waals surface area contributed by atoms with Crippen LogP contribution >= 0.6 is 0 Å². The molecule has 2 atom stereocenters. The molecule has 36 heavy (non-hydrogen) atoms. The molecule has 2 heterocycles. The molecule has 5 nitrogen and oxygen atoms in total. The molecular formula is C28H32F3N3O2. The Kier molecular flexibility index (Phi) is 5.78. The van der Waals surface area contributed by atoms with Gasteiger partial charge in [-0.05, 0) is 98.4 Å². The third-order valence-electron chi connectivity index (χ3n) is 9.03. The summed E-state index contributed by atoms with van der Waals surface area (Å²) in [5.74, 6) is 2.10. The highest BCUT2D eigenvalue weighted by Gasteiger charge is 2.55. The molecule has 0 spiro atoms. The number of benzene rings is 1. The Morgan fingerprint density at radius 2 is 1.67 bits per heavy atom. The van der Waals surface area contributed by atoms with E-state index in [9.17, 15) is 23.1 Å². The number of nitrogens with one attached hydrogen (secondary N) is 1. The van der Waals surface area contributed by atoms with E-state index in [1.807, 2.05) is 12.1 Å². The summed E-state index contributed by atoms with van der Waals surface area (Å²) >= 11 is 0. The first-order valence-corrected chi connectivity index (χ1v) is 13.1. The van der Waals surface area contributed by atoms with Gasteiger partial charge < -0.3 is 15.3 Å². The van der Waals surface area contributed by atoms with Gasteiger partial charge in [0.15, 0.2) is 0 Å². The van der Waals surface area contributed by atoms with Crippen molar-refractivity contribution >= 4 is 11.7 Å². The van der Waals surface area contributed by atoms with E-state index in [2.05, 4.69) is 15.2 Å². The number of halogens is 3. The lowest BCUT2D eigenvalue weighted by molar-refractivity contribution is -0.137. The summed E-state index contributed by atoms with van der Waals surface area (Å²) in [5, 5.41) is 14.1. The van der Waals surface area contributed by atoms with Crippen molar-refractivity contribution in [2.45, 2.75) is 68.7 Å². The summed E-state index contributed by atoms with van der Waals surface area (Å²) < 4.78 is 38.6. The molecule has 2 unspecified atom stereocenters. The Labute approximate surface area is 209 Å². The van der Waals surface area contributed by atoms with E-state index in [0.717, 1.165) is 81.5 Å². The highest BCUT2D eigenvalue weighted by molar-refractivity contribution is 5.93. The zero-order valence-corrected chi connectivity index (χ0v) is 20.2. The van der Waals surface area contributed by atoms with Gasteiger partial charge in [-0.15, -0.1) is 0 Å². The number of carbonyl (C=O) groups excluding carboxylic acids is 1. The maximum absolute atomic E-state index is 13.2. The Morgan fingerprint density at radius 3 is 2.28 bits per heavy atom. The lowest BCUT2D eigenvalue weighted by atomic mass is 9.52. The van der Waals surface area contributed by atoms with Gasteiger partial charge in [0.05, 0.1) is 11.2 Å². The van der Waals surface area contributed by atoms with Crippen LogP contribution in [0.1, 0.15) is 72.5 Å². The molecule has 5 aliphatic rings. The molecule has 1 aliphatic heterocycles. The van der Waals surface area contributed by atoms with Gasteiger partial charge >= 0.3 is 6.18 Å². The molecule has 8 heteroatoms. The number of rotatable bonds is 4. The first-order chi connectivity index (χ1) is 17.2. The SMILES string of the molecule is O=C(N[C@H]1C2CC3CC1C[C@](O)(C3)C2)c1cccc(N2CCC(c3ccc(C(F)(F)F)cc3)CC2)n1. The predicted octanol–water partition coefficient (Wildman–Crippen LogP) is 5.15. The summed E-state index contributed by atoms with van der Waals surface area (Å²) in [7, 11) is 0. The molecular weight excluding hydrogens is 467 g/mol. The smallest absolute Gasteiger partial charge is 0.390 e. The normalized spacial score (nSPS) is 32.1. The molecule has 0 radical (unpaired) electrons. The Morgan fingerprint density at radius 1 is 1.00 bits per heavy atom. The molecule has 4 bridgehead atoms. The highest BCUT2D eigenvalue weighted by atomic mass is 19.4. The van der Waals surface area contributed by atoms with Crippen LogP contribution in [0.4, 0.5) is 19.0 Å². The summed E-state index contributed by atoms with van der Waals surface area (Å²) in [6.07, 6.45) is 1.98. The lowest BCUT2D eigenvalue weighted by Gasteiger charge is -2.58. The molecule has 2 aromatic rings. The van der Waals surface area contributed by atoms with Crippen LogP contribution in [0.5, 0.6) is 0 Å². The number of pyridine rings is 1. The molecule has 1 amide bonds. The van der Waals surface area contributed by atoms with Crippen LogP contribution in [0.3, 0.4) is 0 Å². The maximum Gasteiger partial charge on any atom is 0.416 e. The van der Waals surface area contributed by atoms with Gasteiger partial charge in [-0.3, -0.25) is 4.79 Å². The fourth-order valence-electron chi connectivity index (χ4n) is 7.55. The second-order valence-corrected chi connectivity index (χ2v) is 11.5. The largest absolute Gasteiger partial charge is 0.416 e. The zero-order valence-electron chi connectivity index (χ0n) is 20.2. The van der Waals surface area contributed by atoms with Gasteiger partial charge in [0.1, 0.15) is 11.5 Å². The molecule has 4 aliphatic carbocycles. The van der Waals surface area contributed by atoms with Gasteiger partial charge in [-0.1, -0.05) is 18.2 Å². The topological polar surface area (TPSA) is 65.5 Å². The first-order valence-electron chi connectivity index (χ1n) is 13.1. The predicted molar refractivity (Wildman–Crippen MR) is 130 cm³/mol. The van der Waals surface area contributed by atoms with Crippen molar-refractivity contribution in [3.8, 4) is 0 Å². The Hall–Kier alpha value is -2.61. The monoisotopic (exact) mass is 499 g/mol. The van der Waals surface area contributed by atoms with Crippen LogP contribution in [0, 0.1) is 17.8 Å². The van der Waals surface area contributed by atoms with Crippen LogP contribution in [-0.2, 0) is 6.18 Å². The zero-order chi connectivity index (χ0) is 25.1. The minimum atomic E-state index is -4.32. The van der Waals surface area contributed by atoms with E-state index in [-0.39, 0.29) is 17.9 Å². The van der Waals surface area contributed by atoms with Crippen LogP contribution in [0.25, 0.3) is 0 Å². The summed E-state index contributed by atoms with van der Waals surface area (Å²) in [4.78, 5) is 20.0. The number of hydrogen-bond acceptors (Lipinski definition) is 4. The minimum absolute atomic E-state index is 0.110. The van der Waals surface area contributed by atoms with Crippen LogP contribution in [-0.4, -0.2) is 40.7 Å². The fourth-order valence-corrected chi connectivity index (χ4v) is 7.55. The molecule has 1 aromatic carbocycles. The van der Waals surface area contributed by atoms with Crippen molar-refractivity contribution in [3.05, 3.63) is 59.3 Å². The van der Waals surface area contributed by atoms with Gasteiger partial charge in [-0.25, -0.2) is 4.98 Å². The lowest BCUT2D eigenvalue weighted by Crippen LogP contribution is -2.61. The van der Waals surface area contributed by atoms with E-state index in [0.29, 0.717) is 23.4 Å². The minimum Gasteiger partial charge on any atom is -0.390 e. The summed E-state index contributed by atoms with van der Waals surface area (Å²) in [6.45, 7) is 1.47. The third-order valence-corrected chi connectivity index (χ3v) is 9.03. The van der Waals surface area contributed by atoms with Crippen molar-refractivity contribution in [1.29, 1.82) is 0 Å². The summed E-state index contributed by atoms with van der Waals surface area (Å²) in [6, 6.07) is 11.1. The standard InChI is InChI=1S/C28H32F3N3O2/c29-28(30,31)22-6-4-18(5-7-22)19-8-10-34(11-9-19)24-3-1-2-23(32-24)26(35)33-25-20-12-17-13-21(25)16-27(36,14-17)15-20/h1-7,17,19-21,25,36H,8-16H2,(H,33,35)/t17?,20?,21?,25-,27-. The maximum atomic E-state index is 13.2. The number of anilines is 1. The van der Waals surface area contributed by atoms with E-state index >= 15 is 0 Å². The van der Waals surface area contributed by atoms with Crippen molar-refractivity contribution in [2.24, 2.45) is 17.8 Å². The number of piperidine rings is 1. The highest BCUT2D eigenvalue weighted by Crippen LogP contribution is 2.55. The van der Waals surface area contributed by atoms with Crippen LogP contribution < -0.4 is 10.2 Å². The van der Waals surface area contributed by atoms with Crippen molar-refractivity contribution in [3.63, 3.8) is 0 Å². The Bertz CT molecular complexity index is 1110. The molecule has 2 N–H and O–H groups in total. The number of carbonyl (C=O) groups is 1. The van der Waals surface area contributed by atoms with Crippen LogP contribution in [0.15, 0.2) is 42.5 Å². The number of alkyl halides is 3. The quantitative estimate of drug-likeness (QED) is 0.611. The number of aliphatic hydroxyl groups is 1. The van der Waals surface area contributed by atoms with Crippen LogP contribution in [0.2, 0.25) is 0 Å². The van der Waals surface area contributed by atoms with Gasteiger partial charge in [0.2, 0.25) is 0 Å². The second-order valence-electron chi connectivity index (χ2n) is 11.5. The number of hydrogen-bond donors (Lipinski definition) is 2. The molecule has 4 saturated carbocycles. The molecule has 192 valence electrons. The summed E-state index contributed by atoms with van der Waals surface area (Å²) in [5.41, 5.74) is 0.198. The van der Waals surface area contributed by atoms with E-state index in [1.165, 1.54) is 0 Å². The second kappa shape index (κ2) is 8.75. The van der Waals surface area contributed by atoms with Gasteiger partial charge in [-0.2, -0.15) is 13.2 Å². The number of aromatic nitrogens is 1. The van der Waals surface area contributed by atoms with E-state index in [1.54, 1.807) is 18.2 Å². The fraction of sp³-hybridized carbons (Fsp3) is 0.571. The molecule has 1 saturated heterocycles. The van der Waals surface area contributed by atoms with Crippen molar-refractivity contribution in [2.75, 3.05) is 18.0 Å². The average Bonchev–Trinajstić information content (AvgIpc) is 2.85. The van der Waals surface area contributed by atoms with Crippen molar-refractivity contribution < 1.29 is 23.1 Å². The van der Waals surface area contributed by atoms with Crippen molar-refractivity contribution in [1.82, 2.24) is 10.3 Å². The molecule has 5 fully saturated rings. The number of amides is 1. The Balaban J connectivity index is 1.08. The molecule has 7 rings (SSSR count). The van der Waals surface area contributed by atoms with Gasteiger partial charge in [0.25, 0.3) is 5.91 Å². The van der Waals surface area contributed by atoms with E-state index in [4.69, 9.17) is 0 Å². The average molecular weight is 500 g/mol. The first kappa shape index (κ1) is 23.8. The van der Waals surface area contributed by atoms with Gasteiger partial charge in [0, 0.05) is 19.1 Å². The third kappa shape index (κ3) is 4.49. The van der Waals surface area contributed by atoms with E-state index < -0.39 is 17.3 Å². The molecule has 1 aromatic heterocycles.